The maximum atomic E-state index is 4.35. The predicted molar refractivity (Wildman–Crippen MR) is 95.9 cm³/mol. The first-order chi connectivity index (χ1) is 11.8. The molecule has 0 radical (unpaired) electrons. The highest BCUT2D eigenvalue weighted by molar-refractivity contribution is 5.27. The molecule has 1 atom stereocenters. The van der Waals surface area contributed by atoms with Crippen LogP contribution in [0.5, 0.6) is 0 Å². The Balaban J connectivity index is 1.44. The number of fused-ring (bicyclic) bond motifs is 1. The van der Waals surface area contributed by atoms with Crippen molar-refractivity contribution < 1.29 is 0 Å². The van der Waals surface area contributed by atoms with Crippen molar-refractivity contribution in [2.75, 3.05) is 46.3 Å². The molecule has 24 heavy (non-hydrogen) atoms. The van der Waals surface area contributed by atoms with E-state index >= 15 is 0 Å². The van der Waals surface area contributed by atoms with Gasteiger partial charge in [0, 0.05) is 64.2 Å². The summed E-state index contributed by atoms with van der Waals surface area (Å²) in [5.41, 5.74) is 2.81. The van der Waals surface area contributed by atoms with Crippen LogP contribution in [0.2, 0.25) is 0 Å². The van der Waals surface area contributed by atoms with Crippen molar-refractivity contribution in [1.82, 2.24) is 24.5 Å². The van der Waals surface area contributed by atoms with Crippen LogP contribution in [0, 0.1) is 0 Å². The number of piperazine rings is 2. The second-order valence-electron chi connectivity index (χ2n) is 7.16. The van der Waals surface area contributed by atoms with Gasteiger partial charge in [0.1, 0.15) is 0 Å². The number of aromatic nitrogens is 2. The molecule has 2 aliphatic heterocycles. The zero-order valence-corrected chi connectivity index (χ0v) is 14.5. The van der Waals surface area contributed by atoms with Crippen molar-refractivity contribution in [2.24, 2.45) is 0 Å². The summed E-state index contributed by atoms with van der Waals surface area (Å²) in [5.74, 6) is 0. The quantitative estimate of drug-likeness (QED) is 0.848. The highest BCUT2D eigenvalue weighted by atomic mass is 15.3. The van der Waals surface area contributed by atoms with Crippen LogP contribution < -0.4 is 0 Å². The van der Waals surface area contributed by atoms with E-state index in [0.29, 0.717) is 6.04 Å². The molecule has 2 saturated heterocycles. The molecule has 3 heterocycles. The molecule has 5 nitrogen and oxygen atoms in total. The summed E-state index contributed by atoms with van der Waals surface area (Å²) in [7, 11) is 2.25. The van der Waals surface area contributed by atoms with Crippen LogP contribution in [0.1, 0.15) is 11.1 Å². The van der Waals surface area contributed by atoms with E-state index in [1.54, 1.807) is 0 Å². The Morgan fingerprint density at radius 3 is 2.54 bits per heavy atom. The lowest BCUT2D eigenvalue weighted by atomic mass is 10.0. The second kappa shape index (κ2) is 7.05. The third kappa shape index (κ3) is 3.53. The van der Waals surface area contributed by atoms with Gasteiger partial charge in [0.05, 0.1) is 6.54 Å². The molecule has 2 aliphatic rings. The van der Waals surface area contributed by atoms with Crippen molar-refractivity contribution in [2.45, 2.75) is 19.1 Å². The van der Waals surface area contributed by atoms with E-state index in [0.717, 1.165) is 13.1 Å². The standard InChI is InChI=1S/C19H27N5/c1-21-9-11-23-12-10-22(16-19(23)15-21)13-17-5-2-3-6-18(17)14-24-8-4-7-20-24/h2-8,19H,9-16H2,1H3/t19-/m0/s1. The van der Waals surface area contributed by atoms with Gasteiger partial charge in [-0.1, -0.05) is 24.3 Å². The van der Waals surface area contributed by atoms with Crippen molar-refractivity contribution in [3.8, 4) is 0 Å². The monoisotopic (exact) mass is 325 g/mol. The largest absolute Gasteiger partial charge is 0.303 e. The van der Waals surface area contributed by atoms with Crippen LogP contribution >= 0.6 is 0 Å². The molecule has 0 spiro atoms. The molecule has 2 fully saturated rings. The Morgan fingerprint density at radius 1 is 0.958 bits per heavy atom. The molecule has 2 aromatic rings. The smallest absolute Gasteiger partial charge is 0.0662 e. The van der Waals surface area contributed by atoms with Gasteiger partial charge in [-0.3, -0.25) is 14.5 Å². The van der Waals surface area contributed by atoms with Gasteiger partial charge in [0.2, 0.25) is 0 Å². The minimum absolute atomic E-state index is 0.691. The van der Waals surface area contributed by atoms with Gasteiger partial charge < -0.3 is 4.90 Å². The molecule has 0 unspecified atom stereocenters. The van der Waals surface area contributed by atoms with Gasteiger partial charge in [0.25, 0.3) is 0 Å². The molecule has 0 amide bonds. The van der Waals surface area contributed by atoms with E-state index < -0.39 is 0 Å². The van der Waals surface area contributed by atoms with Crippen molar-refractivity contribution in [3.63, 3.8) is 0 Å². The summed E-state index contributed by atoms with van der Waals surface area (Å²) >= 11 is 0. The van der Waals surface area contributed by atoms with Crippen molar-refractivity contribution in [1.29, 1.82) is 0 Å². The zero-order chi connectivity index (χ0) is 16.4. The Bertz CT molecular complexity index is 654. The Kier molecular flexibility index (Phi) is 4.65. The average molecular weight is 325 g/mol. The Morgan fingerprint density at radius 2 is 1.75 bits per heavy atom. The van der Waals surface area contributed by atoms with Gasteiger partial charge in [0.15, 0.2) is 0 Å². The highest BCUT2D eigenvalue weighted by Crippen LogP contribution is 2.19. The fourth-order valence-electron chi connectivity index (χ4n) is 3.99. The summed E-state index contributed by atoms with van der Waals surface area (Å²) < 4.78 is 2.01. The van der Waals surface area contributed by atoms with E-state index in [1.165, 1.54) is 50.4 Å². The fraction of sp³-hybridized carbons (Fsp3) is 0.526. The molecule has 5 heteroatoms. The van der Waals surface area contributed by atoms with Gasteiger partial charge >= 0.3 is 0 Å². The van der Waals surface area contributed by atoms with E-state index in [1.807, 2.05) is 23.1 Å². The average Bonchev–Trinajstić information content (AvgIpc) is 3.09. The maximum absolute atomic E-state index is 4.35. The van der Waals surface area contributed by atoms with Gasteiger partial charge in [-0.2, -0.15) is 5.10 Å². The van der Waals surface area contributed by atoms with Gasteiger partial charge in [-0.25, -0.2) is 0 Å². The van der Waals surface area contributed by atoms with Crippen LogP contribution in [0.25, 0.3) is 0 Å². The lowest BCUT2D eigenvalue weighted by Crippen LogP contribution is -2.61. The first-order valence-electron chi connectivity index (χ1n) is 8.97. The van der Waals surface area contributed by atoms with Crippen LogP contribution in [0.3, 0.4) is 0 Å². The number of hydrogen-bond acceptors (Lipinski definition) is 4. The van der Waals surface area contributed by atoms with Gasteiger partial charge in [-0.15, -0.1) is 0 Å². The number of hydrogen-bond donors (Lipinski definition) is 0. The fourth-order valence-corrected chi connectivity index (χ4v) is 3.99. The SMILES string of the molecule is CN1CCN2CCN(Cc3ccccc3Cn3cccn3)C[C@@H]2C1. The third-order valence-electron chi connectivity index (χ3n) is 5.38. The minimum Gasteiger partial charge on any atom is -0.303 e. The van der Waals surface area contributed by atoms with E-state index in [9.17, 15) is 0 Å². The number of benzene rings is 1. The predicted octanol–water partition coefficient (Wildman–Crippen LogP) is 1.36. The summed E-state index contributed by atoms with van der Waals surface area (Å²) in [5, 5.41) is 4.35. The highest BCUT2D eigenvalue weighted by Gasteiger charge is 2.30. The van der Waals surface area contributed by atoms with E-state index in [4.69, 9.17) is 0 Å². The second-order valence-corrected chi connectivity index (χ2v) is 7.16. The topological polar surface area (TPSA) is 27.5 Å². The van der Waals surface area contributed by atoms with Crippen LogP contribution in [-0.4, -0.2) is 76.8 Å². The van der Waals surface area contributed by atoms with Crippen LogP contribution in [-0.2, 0) is 13.1 Å². The van der Waals surface area contributed by atoms with Crippen molar-refractivity contribution in [3.05, 3.63) is 53.9 Å². The minimum atomic E-state index is 0.691. The molecule has 0 aliphatic carbocycles. The Labute approximate surface area is 144 Å². The molecule has 0 saturated carbocycles. The lowest BCUT2D eigenvalue weighted by molar-refractivity contribution is 0.0174. The van der Waals surface area contributed by atoms with Crippen LogP contribution in [0.4, 0.5) is 0 Å². The van der Waals surface area contributed by atoms with Crippen LogP contribution in [0.15, 0.2) is 42.7 Å². The molecule has 1 aromatic heterocycles. The molecule has 0 bridgehead atoms. The molecule has 4 rings (SSSR count). The van der Waals surface area contributed by atoms with Crippen molar-refractivity contribution >= 4 is 0 Å². The third-order valence-corrected chi connectivity index (χ3v) is 5.38. The molecular formula is C19H27N5. The summed E-state index contributed by atoms with van der Waals surface area (Å²) in [6.45, 7) is 9.11. The molecular weight excluding hydrogens is 298 g/mol. The normalized spacial score (nSPS) is 23.3. The van der Waals surface area contributed by atoms with E-state index in [2.05, 4.69) is 51.1 Å². The molecule has 128 valence electrons. The van der Waals surface area contributed by atoms with Gasteiger partial charge in [-0.05, 0) is 24.2 Å². The Hall–Kier alpha value is -1.69. The zero-order valence-electron chi connectivity index (χ0n) is 14.5. The number of likely N-dealkylation sites (N-methyl/N-ethyl adjacent to an activating group) is 1. The first kappa shape index (κ1) is 15.8. The number of nitrogens with zero attached hydrogens (tertiary/aromatic N) is 5. The van der Waals surface area contributed by atoms with E-state index in [-0.39, 0.29) is 0 Å². The number of rotatable bonds is 4. The lowest BCUT2D eigenvalue weighted by Gasteiger charge is -2.46. The first-order valence-corrected chi connectivity index (χ1v) is 8.97. The maximum Gasteiger partial charge on any atom is 0.0662 e. The molecule has 0 N–H and O–H groups in total. The summed E-state index contributed by atoms with van der Waals surface area (Å²) in [6, 6.07) is 11.5. The summed E-state index contributed by atoms with van der Waals surface area (Å²) in [6.07, 6.45) is 3.88. The molecule has 1 aromatic carbocycles. The summed E-state index contributed by atoms with van der Waals surface area (Å²) in [4.78, 5) is 7.77.